The number of carbonyl (C=O) groups is 1. The van der Waals surface area contributed by atoms with Crippen molar-refractivity contribution in [3.8, 4) is 5.75 Å². The Morgan fingerprint density at radius 3 is 2.58 bits per heavy atom. The van der Waals surface area contributed by atoms with E-state index < -0.39 is 0 Å². The number of benzene rings is 1. The van der Waals surface area contributed by atoms with Crippen molar-refractivity contribution < 1.29 is 9.53 Å². The summed E-state index contributed by atoms with van der Waals surface area (Å²) in [5.41, 5.74) is 3.70. The van der Waals surface area contributed by atoms with E-state index in [-0.39, 0.29) is 42.0 Å². The molecule has 3 aromatic heterocycles. The number of rotatable bonds is 6. The van der Waals surface area contributed by atoms with Gasteiger partial charge in [0.2, 0.25) is 0 Å². The molecule has 4 aromatic rings. The quantitative estimate of drug-likeness (QED) is 0.256. The third kappa shape index (κ3) is 6.45. The molecule has 0 bridgehead atoms. The Kier molecular flexibility index (Phi) is 8.89. The van der Waals surface area contributed by atoms with Gasteiger partial charge in [0, 0.05) is 17.5 Å². The maximum Gasteiger partial charge on any atom is 0.320 e. The molecule has 0 radical (unpaired) electrons. The lowest BCUT2D eigenvalue weighted by Crippen LogP contribution is -2.36. The zero-order chi connectivity index (χ0) is 29.4. The molecule has 0 unspecified atom stereocenters. The van der Waals surface area contributed by atoms with Gasteiger partial charge in [0.1, 0.15) is 24.0 Å². The number of pyridine rings is 1. The summed E-state index contributed by atoms with van der Waals surface area (Å²) in [4.78, 5) is 24.1. The number of hydrogen-bond acceptors (Lipinski definition) is 7. The Hall–Kier alpha value is -3.76. The predicted octanol–water partition coefficient (Wildman–Crippen LogP) is 6.56. The highest BCUT2D eigenvalue weighted by Crippen LogP contribution is 2.39. The second kappa shape index (κ2) is 12.5. The average molecular weight is 605 g/mol. The fraction of sp³-hybridized carbons (Fsp3) is 0.469. The number of anilines is 1. The minimum absolute atomic E-state index is 0. The third-order valence-corrected chi connectivity index (χ3v) is 8.35. The molecular weight excluding hydrogens is 564 g/mol. The molecule has 1 fully saturated rings. The van der Waals surface area contributed by atoms with Crippen LogP contribution >= 0.6 is 12.4 Å². The summed E-state index contributed by atoms with van der Waals surface area (Å²) in [5, 5.41) is 15.1. The lowest BCUT2D eigenvalue weighted by Gasteiger charge is -2.32. The Bertz CT molecular complexity index is 1580. The van der Waals surface area contributed by atoms with Gasteiger partial charge in [-0.25, -0.2) is 14.8 Å². The highest BCUT2D eigenvalue weighted by molar-refractivity contribution is 5.88. The number of carbonyl (C=O) groups excluding carboxylic acids is 1. The molecule has 0 saturated carbocycles. The molecule has 4 heterocycles. The first-order valence-electron chi connectivity index (χ1n) is 14.9. The van der Waals surface area contributed by atoms with Crippen LogP contribution in [0.1, 0.15) is 101 Å². The van der Waals surface area contributed by atoms with Gasteiger partial charge in [0.05, 0.1) is 24.0 Å². The van der Waals surface area contributed by atoms with Gasteiger partial charge in [-0.2, -0.15) is 0 Å². The lowest BCUT2D eigenvalue weighted by atomic mass is 9.85. The van der Waals surface area contributed by atoms with Gasteiger partial charge in [-0.05, 0) is 69.3 Å². The second-order valence-electron chi connectivity index (χ2n) is 12.6. The first-order valence-corrected chi connectivity index (χ1v) is 14.9. The summed E-state index contributed by atoms with van der Waals surface area (Å²) in [6.07, 6.45) is 7.14. The lowest BCUT2D eigenvalue weighted by molar-refractivity contribution is 0.171. The monoisotopic (exact) mass is 604 g/mol. The van der Waals surface area contributed by atoms with E-state index in [0.29, 0.717) is 11.9 Å². The number of likely N-dealkylation sites (tertiary alicyclic amines) is 1. The van der Waals surface area contributed by atoms with E-state index >= 15 is 0 Å². The van der Waals surface area contributed by atoms with Gasteiger partial charge in [-0.15, -0.1) is 22.6 Å². The van der Waals surface area contributed by atoms with Crippen molar-refractivity contribution in [2.45, 2.75) is 89.9 Å². The Balaban J connectivity index is 0.00000368. The molecule has 2 aliphatic rings. The fourth-order valence-electron chi connectivity index (χ4n) is 6.20. The number of aromatic nitrogens is 5. The summed E-state index contributed by atoms with van der Waals surface area (Å²) >= 11 is 0. The smallest absolute Gasteiger partial charge is 0.320 e. The standard InChI is InChI=1S/C32H40N8O2.ClH/c1-20(2)39-16-8-11-25(39)30-38-37-29-15-12-21(18-40(29)30)42-26-14-13-24(22-9-6-7-10-23(22)26)35-31(41)36-28-17-27(32(3,4)5)33-19-34-28;/h6-7,9-10,12,15,17-20,24-26H,8,11,13-14,16H2,1-5H3,(H2,33,34,35,36,41);1H/t24-,25-,26+;/m0./s1. The van der Waals surface area contributed by atoms with Gasteiger partial charge in [0.25, 0.3) is 0 Å². The highest BCUT2D eigenvalue weighted by Gasteiger charge is 2.32. The van der Waals surface area contributed by atoms with Crippen LogP contribution in [0.25, 0.3) is 5.65 Å². The number of nitrogens with one attached hydrogen (secondary N) is 2. The number of nitrogens with zero attached hydrogens (tertiary/aromatic N) is 6. The zero-order valence-electron chi connectivity index (χ0n) is 25.4. The molecule has 1 saturated heterocycles. The van der Waals surface area contributed by atoms with E-state index in [9.17, 15) is 4.79 Å². The van der Waals surface area contributed by atoms with Crippen LogP contribution in [0.2, 0.25) is 0 Å². The van der Waals surface area contributed by atoms with Crippen molar-refractivity contribution in [1.29, 1.82) is 0 Å². The normalized spacial score (nSPS) is 20.5. The van der Waals surface area contributed by atoms with Crippen molar-refractivity contribution in [2.75, 3.05) is 11.9 Å². The van der Waals surface area contributed by atoms with Gasteiger partial charge in [-0.3, -0.25) is 14.6 Å². The molecule has 2 N–H and O–H groups in total. The van der Waals surface area contributed by atoms with Gasteiger partial charge in [0.15, 0.2) is 11.5 Å². The summed E-state index contributed by atoms with van der Waals surface area (Å²) < 4.78 is 8.70. The average Bonchev–Trinajstić information content (AvgIpc) is 3.61. The zero-order valence-corrected chi connectivity index (χ0v) is 26.3. The predicted molar refractivity (Wildman–Crippen MR) is 169 cm³/mol. The Morgan fingerprint density at radius 2 is 1.81 bits per heavy atom. The molecule has 1 aromatic carbocycles. The number of hydrogen-bond donors (Lipinski definition) is 2. The molecule has 1 aliphatic carbocycles. The number of fused-ring (bicyclic) bond motifs is 2. The SMILES string of the molecule is CC(C)N1CCC[C@H]1c1nnc2ccc(O[C@@H]3CC[C@H](NC(=O)Nc4cc(C(C)(C)C)ncn4)c4ccccc43)cn12.Cl. The maximum atomic E-state index is 13.0. The molecule has 0 spiro atoms. The van der Waals surface area contributed by atoms with Crippen molar-refractivity contribution in [3.63, 3.8) is 0 Å². The second-order valence-corrected chi connectivity index (χ2v) is 12.6. The van der Waals surface area contributed by atoms with Crippen molar-refractivity contribution in [3.05, 3.63) is 77.6 Å². The summed E-state index contributed by atoms with van der Waals surface area (Å²) in [5.74, 6) is 2.23. The Labute approximate surface area is 259 Å². The maximum absolute atomic E-state index is 13.0. The molecule has 2 amide bonds. The van der Waals surface area contributed by atoms with Crippen LogP contribution in [0.5, 0.6) is 5.75 Å². The van der Waals surface area contributed by atoms with Crippen LogP contribution in [0.3, 0.4) is 0 Å². The largest absolute Gasteiger partial charge is 0.484 e. The van der Waals surface area contributed by atoms with Gasteiger partial charge < -0.3 is 10.1 Å². The van der Waals surface area contributed by atoms with E-state index in [2.05, 4.69) is 86.9 Å². The molecule has 10 nitrogen and oxygen atoms in total. The summed E-state index contributed by atoms with van der Waals surface area (Å²) in [6.45, 7) is 11.8. The van der Waals surface area contributed by atoms with Crippen molar-refractivity contribution in [2.24, 2.45) is 0 Å². The van der Waals surface area contributed by atoms with E-state index in [4.69, 9.17) is 4.74 Å². The van der Waals surface area contributed by atoms with Crippen LogP contribution < -0.4 is 15.4 Å². The van der Waals surface area contributed by atoms with Crippen molar-refractivity contribution in [1.82, 2.24) is 34.8 Å². The first-order chi connectivity index (χ1) is 20.2. The van der Waals surface area contributed by atoms with Gasteiger partial charge in [-0.1, -0.05) is 45.0 Å². The van der Waals surface area contributed by atoms with Gasteiger partial charge >= 0.3 is 6.03 Å². The number of halogens is 1. The minimum Gasteiger partial charge on any atom is -0.484 e. The van der Waals surface area contributed by atoms with E-state index in [1.54, 1.807) is 0 Å². The topological polar surface area (TPSA) is 110 Å². The van der Waals surface area contributed by atoms with Crippen LogP contribution in [-0.2, 0) is 5.41 Å². The highest BCUT2D eigenvalue weighted by atomic mass is 35.5. The van der Waals surface area contributed by atoms with Crippen LogP contribution in [0.4, 0.5) is 10.6 Å². The minimum atomic E-state index is -0.291. The first kappa shape index (κ1) is 30.7. The summed E-state index contributed by atoms with van der Waals surface area (Å²) in [7, 11) is 0. The third-order valence-electron chi connectivity index (χ3n) is 8.35. The molecule has 6 rings (SSSR count). The molecular formula is C32H41ClN8O2. The molecule has 11 heteroatoms. The summed E-state index contributed by atoms with van der Waals surface area (Å²) in [6, 6.07) is 14.2. The van der Waals surface area contributed by atoms with E-state index in [0.717, 1.165) is 66.3 Å². The van der Waals surface area contributed by atoms with E-state index in [1.165, 1.54) is 6.33 Å². The number of amides is 2. The fourth-order valence-corrected chi connectivity index (χ4v) is 6.20. The molecule has 3 atom stereocenters. The van der Waals surface area contributed by atoms with Crippen LogP contribution in [0, 0.1) is 0 Å². The Morgan fingerprint density at radius 1 is 1.02 bits per heavy atom. The number of urea groups is 1. The van der Waals surface area contributed by atoms with Crippen LogP contribution in [0.15, 0.2) is 55.0 Å². The number of ether oxygens (including phenoxy) is 1. The molecule has 43 heavy (non-hydrogen) atoms. The molecule has 228 valence electrons. The molecule has 1 aliphatic heterocycles. The van der Waals surface area contributed by atoms with Crippen LogP contribution in [-0.4, -0.2) is 48.1 Å². The van der Waals surface area contributed by atoms with Crippen molar-refractivity contribution >= 4 is 29.9 Å². The van der Waals surface area contributed by atoms with E-state index in [1.807, 2.05) is 36.5 Å².